The van der Waals surface area contributed by atoms with Gasteiger partial charge in [0, 0.05) is 30.3 Å². The van der Waals surface area contributed by atoms with Crippen molar-refractivity contribution in [2.45, 2.75) is 38.7 Å². The number of hydrogen-bond donors (Lipinski definition) is 2. The summed E-state index contributed by atoms with van der Waals surface area (Å²) < 4.78 is 0. The summed E-state index contributed by atoms with van der Waals surface area (Å²) in [6, 6.07) is 10.2. The van der Waals surface area contributed by atoms with Gasteiger partial charge in [0.25, 0.3) is 0 Å². The van der Waals surface area contributed by atoms with Crippen LogP contribution in [0.5, 0.6) is 0 Å². The predicted octanol–water partition coefficient (Wildman–Crippen LogP) is 2.64. The van der Waals surface area contributed by atoms with Gasteiger partial charge in [-0.2, -0.15) is 5.10 Å². The third-order valence-corrected chi connectivity index (χ3v) is 4.52. The smallest absolute Gasteiger partial charge is 0.153 e. The Hall–Kier alpha value is -1.81. The lowest BCUT2D eigenvalue weighted by atomic mass is 9.94. The number of H-pyrrole nitrogens is 1. The number of anilines is 1. The van der Waals surface area contributed by atoms with Crippen LogP contribution in [0.25, 0.3) is 0 Å². The molecule has 4 heteroatoms. The fourth-order valence-corrected chi connectivity index (χ4v) is 3.09. The normalized spacial score (nSPS) is 17.4. The van der Waals surface area contributed by atoms with E-state index in [9.17, 15) is 5.11 Å². The Kier molecular flexibility index (Phi) is 3.97. The molecule has 2 unspecified atom stereocenters. The van der Waals surface area contributed by atoms with Crippen LogP contribution in [0.4, 0.5) is 5.82 Å². The number of aliphatic hydroxyl groups is 1. The van der Waals surface area contributed by atoms with Crippen LogP contribution in [-0.4, -0.2) is 34.5 Å². The largest absolute Gasteiger partial charge is 0.391 e. The monoisotopic (exact) mass is 285 g/mol. The van der Waals surface area contributed by atoms with Gasteiger partial charge in [0.15, 0.2) is 5.82 Å². The van der Waals surface area contributed by atoms with Crippen LogP contribution in [0.2, 0.25) is 0 Å². The zero-order valence-corrected chi connectivity index (χ0v) is 12.7. The molecule has 3 rings (SSSR count). The zero-order valence-electron chi connectivity index (χ0n) is 12.7. The van der Waals surface area contributed by atoms with Gasteiger partial charge in [-0.05, 0) is 25.3 Å². The maximum atomic E-state index is 10.6. The lowest BCUT2D eigenvalue weighted by molar-refractivity contribution is 0.154. The molecule has 2 heterocycles. The standard InChI is InChI=1S/C17H23N3O/c1-12(14-7-4-3-5-8-14)16(21)11-20-10-6-9-15-13(2)18-19-17(15)20/h3-5,7-8,12,16,21H,6,9-11H2,1-2H3,(H,18,19). The van der Waals surface area contributed by atoms with E-state index in [1.54, 1.807) is 0 Å². The van der Waals surface area contributed by atoms with E-state index in [0.29, 0.717) is 6.54 Å². The van der Waals surface area contributed by atoms with E-state index in [0.717, 1.165) is 30.9 Å². The Labute approximate surface area is 125 Å². The minimum absolute atomic E-state index is 0.122. The van der Waals surface area contributed by atoms with Crippen LogP contribution >= 0.6 is 0 Å². The molecule has 0 aliphatic carbocycles. The maximum absolute atomic E-state index is 10.6. The van der Waals surface area contributed by atoms with E-state index in [4.69, 9.17) is 0 Å². The number of rotatable bonds is 4. The average molecular weight is 285 g/mol. The van der Waals surface area contributed by atoms with Crippen molar-refractivity contribution in [1.29, 1.82) is 0 Å². The molecule has 2 N–H and O–H groups in total. The summed E-state index contributed by atoms with van der Waals surface area (Å²) in [7, 11) is 0. The third-order valence-electron chi connectivity index (χ3n) is 4.52. The molecule has 0 fully saturated rings. The molecule has 0 bridgehead atoms. The molecular weight excluding hydrogens is 262 g/mol. The number of benzene rings is 1. The number of aromatic nitrogens is 2. The first-order valence-electron chi connectivity index (χ1n) is 7.68. The van der Waals surface area contributed by atoms with Crippen molar-refractivity contribution in [3.05, 3.63) is 47.2 Å². The fourth-order valence-electron chi connectivity index (χ4n) is 3.09. The first kappa shape index (κ1) is 14.1. The van der Waals surface area contributed by atoms with Crippen molar-refractivity contribution in [2.75, 3.05) is 18.0 Å². The first-order chi connectivity index (χ1) is 10.2. The van der Waals surface area contributed by atoms with Crippen LogP contribution < -0.4 is 4.90 Å². The molecule has 2 aromatic rings. The molecule has 0 saturated heterocycles. The first-order valence-corrected chi connectivity index (χ1v) is 7.68. The van der Waals surface area contributed by atoms with Crippen LogP contribution in [0.15, 0.2) is 30.3 Å². The van der Waals surface area contributed by atoms with E-state index in [2.05, 4.69) is 41.1 Å². The van der Waals surface area contributed by atoms with Gasteiger partial charge < -0.3 is 10.0 Å². The second kappa shape index (κ2) is 5.90. The van der Waals surface area contributed by atoms with Crippen LogP contribution in [0, 0.1) is 6.92 Å². The molecule has 2 atom stereocenters. The average Bonchev–Trinajstić information content (AvgIpc) is 2.90. The van der Waals surface area contributed by atoms with Gasteiger partial charge in [-0.25, -0.2) is 0 Å². The van der Waals surface area contributed by atoms with Gasteiger partial charge in [0.2, 0.25) is 0 Å². The zero-order chi connectivity index (χ0) is 14.8. The quantitative estimate of drug-likeness (QED) is 0.908. The highest BCUT2D eigenvalue weighted by molar-refractivity contribution is 5.51. The van der Waals surface area contributed by atoms with Crippen LogP contribution in [-0.2, 0) is 6.42 Å². The number of nitrogens with zero attached hydrogens (tertiary/aromatic N) is 2. The number of fused-ring (bicyclic) bond motifs is 1. The summed E-state index contributed by atoms with van der Waals surface area (Å²) in [6.07, 6.45) is 1.81. The van der Waals surface area contributed by atoms with E-state index in [1.807, 2.05) is 18.2 Å². The number of nitrogens with one attached hydrogen (secondary N) is 1. The predicted molar refractivity (Wildman–Crippen MR) is 84.7 cm³/mol. The van der Waals surface area contributed by atoms with Crippen LogP contribution in [0.1, 0.15) is 36.1 Å². The molecule has 1 aliphatic rings. The Balaban J connectivity index is 1.72. The Bertz CT molecular complexity index is 593. The van der Waals surface area contributed by atoms with Crippen molar-refractivity contribution in [1.82, 2.24) is 10.2 Å². The van der Waals surface area contributed by atoms with Gasteiger partial charge in [-0.15, -0.1) is 0 Å². The summed E-state index contributed by atoms with van der Waals surface area (Å²) in [5.41, 5.74) is 3.64. The minimum atomic E-state index is -0.393. The lowest BCUT2D eigenvalue weighted by Crippen LogP contribution is -2.38. The second-order valence-corrected chi connectivity index (χ2v) is 5.97. The van der Waals surface area contributed by atoms with E-state index in [1.165, 1.54) is 11.1 Å². The molecule has 1 aromatic carbocycles. The number of hydrogen-bond acceptors (Lipinski definition) is 3. The molecule has 0 radical (unpaired) electrons. The molecule has 21 heavy (non-hydrogen) atoms. The molecular formula is C17H23N3O. The van der Waals surface area contributed by atoms with Crippen molar-refractivity contribution >= 4 is 5.82 Å². The Morgan fingerprint density at radius 3 is 2.86 bits per heavy atom. The highest BCUT2D eigenvalue weighted by atomic mass is 16.3. The molecule has 0 saturated carbocycles. The molecule has 1 aromatic heterocycles. The highest BCUT2D eigenvalue weighted by Crippen LogP contribution is 2.28. The lowest BCUT2D eigenvalue weighted by Gasteiger charge is -2.31. The summed E-state index contributed by atoms with van der Waals surface area (Å²) in [6.45, 7) is 5.75. The van der Waals surface area contributed by atoms with Crippen molar-refractivity contribution in [2.24, 2.45) is 0 Å². The van der Waals surface area contributed by atoms with E-state index >= 15 is 0 Å². The molecule has 112 valence electrons. The minimum Gasteiger partial charge on any atom is -0.391 e. The molecule has 4 nitrogen and oxygen atoms in total. The summed E-state index contributed by atoms with van der Waals surface area (Å²) in [5.74, 6) is 1.15. The topological polar surface area (TPSA) is 52.2 Å². The van der Waals surface area contributed by atoms with E-state index in [-0.39, 0.29) is 5.92 Å². The fraction of sp³-hybridized carbons (Fsp3) is 0.471. The van der Waals surface area contributed by atoms with Gasteiger partial charge in [0.1, 0.15) is 0 Å². The summed E-state index contributed by atoms with van der Waals surface area (Å²) in [5, 5.41) is 18.1. The maximum Gasteiger partial charge on any atom is 0.153 e. The number of aryl methyl sites for hydroxylation is 1. The summed E-state index contributed by atoms with van der Waals surface area (Å²) in [4.78, 5) is 2.21. The number of β-amino-alcohol motifs (C(OH)–C–C–N with tert-alkyl or cyclic N) is 1. The number of aromatic amines is 1. The summed E-state index contributed by atoms with van der Waals surface area (Å²) >= 11 is 0. The van der Waals surface area contributed by atoms with Gasteiger partial charge in [0.05, 0.1) is 6.10 Å². The third kappa shape index (κ3) is 2.81. The molecule has 0 amide bonds. The Morgan fingerprint density at radius 2 is 2.10 bits per heavy atom. The van der Waals surface area contributed by atoms with Crippen LogP contribution in [0.3, 0.4) is 0 Å². The van der Waals surface area contributed by atoms with Crippen molar-refractivity contribution in [3.8, 4) is 0 Å². The molecule has 1 aliphatic heterocycles. The SMILES string of the molecule is Cc1[nH]nc2c1CCCN2CC(O)C(C)c1ccccc1. The van der Waals surface area contributed by atoms with Gasteiger partial charge in [-0.3, -0.25) is 5.10 Å². The second-order valence-electron chi connectivity index (χ2n) is 5.97. The van der Waals surface area contributed by atoms with Crippen molar-refractivity contribution in [3.63, 3.8) is 0 Å². The highest BCUT2D eigenvalue weighted by Gasteiger charge is 2.25. The van der Waals surface area contributed by atoms with Crippen molar-refractivity contribution < 1.29 is 5.11 Å². The van der Waals surface area contributed by atoms with E-state index < -0.39 is 6.10 Å². The molecule has 0 spiro atoms. The van der Waals surface area contributed by atoms with Gasteiger partial charge >= 0.3 is 0 Å². The number of aliphatic hydroxyl groups excluding tert-OH is 1. The van der Waals surface area contributed by atoms with Gasteiger partial charge in [-0.1, -0.05) is 37.3 Å². The Morgan fingerprint density at radius 1 is 1.33 bits per heavy atom.